The second kappa shape index (κ2) is 6.70. The quantitative estimate of drug-likeness (QED) is 0.861. The average molecular weight is 338 g/mol. The highest BCUT2D eigenvalue weighted by Gasteiger charge is 2.38. The zero-order chi connectivity index (χ0) is 17.2. The Labute approximate surface area is 147 Å². The Morgan fingerprint density at radius 2 is 2.00 bits per heavy atom. The van der Waals surface area contributed by atoms with E-state index in [1.54, 1.807) is 11.1 Å². The molecule has 25 heavy (non-hydrogen) atoms. The molecule has 2 aromatic rings. The van der Waals surface area contributed by atoms with E-state index in [2.05, 4.69) is 9.55 Å². The second-order valence-electron chi connectivity index (χ2n) is 6.83. The first kappa shape index (κ1) is 15.9. The number of nitrogens with zero attached hydrogens (tertiary/aromatic N) is 4. The van der Waals surface area contributed by atoms with Gasteiger partial charge in [-0.2, -0.15) is 0 Å². The van der Waals surface area contributed by atoms with Gasteiger partial charge < -0.3 is 14.4 Å². The molecule has 2 amide bonds. The molecule has 3 heterocycles. The minimum atomic E-state index is -0.241. The first-order valence-electron chi connectivity index (χ1n) is 8.84. The fraction of sp³-hybridized carbons (Fsp3) is 0.421. The lowest BCUT2D eigenvalue weighted by molar-refractivity contribution is -0.137. The van der Waals surface area contributed by atoms with Gasteiger partial charge in [0.1, 0.15) is 0 Å². The highest BCUT2D eigenvalue weighted by molar-refractivity contribution is 6.00. The smallest absolute Gasteiger partial charge is 0.228 e. The van der Waals surface area contributed by atoms with Crippen molar-refractivity contribution in [1.82, 2.24) is 14.5 Å². The molecule has 0 N–H and O–H groups in total. The minimum Gasteiger partial charge on any atom is -0.340 e. The molecular formula is C19H22N4O2. The molecule has 2 fully saturated rings. The maximum atomic E-state index is 13.0. The van der Waals surface area contributed by atoms with Crippen LogP contribution in [0, 0.1) is 5.92 Å². The topological polar surface area (TPSA) is 58.4 Å². The summed E-state index contributed by atoms with van der Waals surface area (Å²) in [5.41, 5.74) is 0.873. The SMILES string of the molecule is O=C([C@@H]1CC(=O)N(c2ccccc2)C1)N1CCC[C@H](n2ccnc2)C1. The molecule has 0 aliphatic carbocycles. The molecule has 130 valence electrons. The molecule has 2 saturated heterocycles. The number of hydrogen-bond donors (Lipinski definition) is 0. The molecule has 0 radical (unpaired) electrons. The van der Waals surface area contributed by atoms with Crippen molar-refractivity contribution in [3.05, 3.63) is 49.1 Å². The van der Waals surface area contributed by atoms with Crippen molar-refractivity contribution in [1.29, 1.82) is 0 Å². The summed E-state index contributed by atoms with van der Waals surface area (Å²) < 4.78 is 2.08. The molecule has 6 heteroatoms. The van der Waals surface area contributed by atoms with Crippen molar-refractivity contribution >= 4 is 17.5 Å². The van der Waals surface area contributed by atoms with Crippen molar-refractivity contribution < 1.29 is 9.59 Å². The van der Waals surface area contributed by atoms with Gasteiger partial charge in [-0.25, -0.2) is 4.98 Å². The lowest BCUT2D eigenvalue weighted by atomic mass is 10.0. The molecule has 2 aliphatic heterocycles. The first-order valence-corrected chi connectivity index (χ1v) is 8.84. The molecular weight excluding hydrogens is 316 g/mol. The number of benzene rings is 1. The Hall–Kier alpha value is -2.63. The van der Waals surface area contributed by atoms with Crippen LogP contribution in [0.3, 0.4) is 0 Å². The maximum absolute atomic E-state index is 13.0. The normalized spacial score (nSPS) is 23.9. The summed E-state index contributed by atoms with van der Waals surface area (Å²) in [4.78, 5) is 33.1. The van der Waals surface area contributed by atoms with Crippen molar-refractivity contribution in [2.24, 2.45) is 5.92 Å². The Balaban J connectivity index is 1.43. The summed E-state index contributed by atoms with van der Waals surface area (Å²) in [5, 5.41) is 0. The van der Waals surface area contributed by atoms with Crippen LogP contribution in [0.2, 0.25) is 0 Å². The molecule has 6 nitrogen and oxygen atoms in total. The Morgan fingerprint density at radius 3 is 2.76 bits per heavy atom. The predicted octanol–water partition coefficient (Wildman–Crippen LogP) is 2.10. The maximum Gasteiger partial charge on any atom is 0.228 e. The van der Waals surface area contributed by atoms with Crippen LogP contribution in [0.1, 0.15) is 25.3 Å². The first-order chi connectivity index (χ1) is 12.2. The summed E-state index contributed by atoms with van der Waals surface area (Å²) >= 11 is 0. The number of likely N-dealkylation sites (tertiary alicyclic amines) is 1. The van der Waals surface area contributed by atoms with Crippen LogP contribution >= 0.6 is 0 Å². The number of carbonyl (C=O) groups excluding carboxylic acids is 2. The molecule has 1 aromatic heterocycles. The monoisotopic (exact) mass is 338 g/mol. The van der Waals surface area contributed by atoms with Gasteiger partial charge in [0.05, 0.1) is 18.3 Å². The molecule has 0 saturated carbocycles. The number of amides is 2. The molecule has 2 aliphatic rings. The number of aromatic nitrogens is 2. The summed E-state index contributed by atoms with van der Waals surface area (Å²) in [6, 6.07) is 9.87. The van der Waals surface area contributed by atoms with Crippen LogP contribution < -0.4 is 4.90 Å². The van der Waals surface area contributed by atoms with Crippen molar-refractivity contribution in [3.63, 3.8) is 0 Å². The Morgan fingerprint density at radius 1 is 1.16 bits per heavy atom. The standard InChI is InChI=1S/C19H22N4O2/c24-18-11-15(12-23(18)16-5-2-1-3-6-16)19(25)21-9-4-7-17(13-21)22-10-8-20-14-22/h1-3,5-6,8,10,14-15,17H,4,7,9,11-13H2/t15-,17+/m1/s1. The third-order valence-electron chi connectivity index (χ3n) is 5.20. The fourth-order valence-corrected chi connectivity index (χ4v) is 3.87. The van der Waals surface area contributed by atoms with E-state index in [9.17, 15) is 9.59 Å². The number of carbonyl (C=O) groups is 2. The van der Waals surface area contributed by atoms with Gasteiger partial charge in [0.15, 0.2) is 0 Å². The van der Waals surface area contributed by atoms with Crippen LogP contribution in [0.15, 0.2) is 49.1 Å². The van der Waals surface area contributed by atoms with Crippen LogP contribution in [-0.4, -0.2) is 45.9 Å². The van der Waals surface area contributed by atoms with E-state index >= 15 is 0 Å². The van der Waals surface area contributed by atoms with Crippen LogP contribution in [-0.2, 0) is 9.59 Å². The summed E-state index contributed by atoms with van der Waals surface area (Å²) in [6.45, 7) is 1.96. The molecule has 1 aromatic carbocycles. The van der Waals surface area contributed by atoms with Gasteiger partial charge in [-0.15, -0.1) is 0 Å². The lowest BCUT2D eigenvalue weighted by Gasteiger charge is -2.34. The largest absolute Gasteiger partial charge is 0.340 e. The third kappa shape index (κ3) is 3.16. The molecule has 0 unspecified atom stereocenters. The van der Waals surface area contributed by atoms with E-state index in [4.69, 9.17) is 0 Å². The van der Waals surface area contributed by atoms with E-state index < -0.39 is 0 Å². The Kier molecular flexibility index (Phi) is 4.26. The van der Waals surface area contributed by atoms with Gasteiger partial charge in [-0.05, 0) is 25.0 Å². The van der Waals surface area contributed by atoms with Crippen LogP contribution in [0.25, 0.3) is 0 Å². The molecule has 0 bridgehead atoms. The average Bonchev–Trinajstić information content (AvgIpc) is 3.32. The second-order valence-corrected chi connectivity index (χ2v) is 6.83. The van der Waals surface area contributed by atoms with E-state index in [0.29, 0.717) is 19.5 Å². The third-order valence-corrected chi connectivity index (χ3v) is 5.20. The number of imidazole rings is 1. The fourth-order valence-electron chi connectivity index (χ4n) is 3.87. The highest BCUT2D eigenvalue weighted by atomic mass is 16.2. The van der Waals surface area contributed by atoms with Gasteiger partial charge in [0.2, 0.25) is 11.8 Å². The number of piperidine rings is 1. The number of rotatable bonds is 3. The molecule has 2 atom stereocenters. The summed E-state index contributed by atoms with van der Waals surface area (Å²) in [7, 11) is 0. The van der Waals surface area contributed by atoms with Crippen LogP contribution in [0.5, 0.6) is 0 Å². The molecule has 4 rings (SSSR count). The lowest BCUT2D eigenvalue weighted by Crippen LogP contribution is -2.44. The van der Waals surface area contributed by atoms with E-state index in [0.717, 1.165) is 25.1 Å². The number of hydrogen-bond acceptors (Lipinski definition) is 3. The Bertz CT molecular complexity index is 744. The zero-order valence-electron chi connectivity index (χ0n) is 14.1. The van der Waals surface area contributed by atoms with Gasteiger partial charge >= 0.3 is 0 Å². The van der Waals surface area contributed by atoms with Crippen molar-refractivity contribution in [2.75, 3.05) is 24.5 Å². The van der Waals surface area contributed by atoms with Gasteiger partial charge in [0, 0.05) is 44.1 Å². The summed E-state index contributed by atoms with van der Waals surface area (Å²) in [6.07, 6.45) is 7.88. The van der Waals surface area contributed by atoms with E-state index in [-0.39, 0.29) is 23.8 Å². The van der Waals surface area contributed by atoms with Gasteiger partial charge in [-0.3, -0.25) is 9.59 Å². The van der Waals surface area contributed by atoms with E-state index in [1.165, 1.54) is 0 Å². The predicted molar refractivity (Wildman–Crippen MR) is 94.0 cm³/mol. The number of anilines is 1. The minimum absolute atomic E-state index is 0.0349. The zero-order valence-corrected chi connectivity index (χ0v) is 14.1. The number of para-hydroxylation sites is 1. The van der Waals surface area contributed by atoms with E-state index in [1.807, 2.05) is 47.8 Å². The summed E-state index contributed by atoms with van der Waals surface area (Å²) in [5.74, 6) is -0.0986. The highest BCUT2D eigenvalue weighted by Crippen LogP contribution is 2.28. The molecule has 0 spiro atoms. The van der Waals surface area contributed by atoms with Crippen LogP contribution in [0.4, 0.5) is 5.69 Å². The van der Waals surface area contributed by atoms with Gasteiger partial charge in [0.25, 0.3) is 0 Å². The van der Waals surface area contributed by atoms with Crippen molar-refractivity contribution in [3.8, 4) is 0 Å². The van der Waals surface area contributed by atoms with Crippen molar-refractivity contribution in [2.45, 2.75) is 25.3 Å². The van der Waals surface area contributed by atoms with Gasteiger partial charge in [-0.1, -0.05) is 18.2 Å².